The van der Waals surface area contributed by atoms with Crippen molar-refractivity contribution in [1.82, 2.24) is 19.1 Å². The SMILES string of the molecule is CCCn1c(=O)n(C)c(=O)c2c(SCC(C)C)nc(C(C)C)nc21. The Morgan fingerprint density at radius 1 is 1.12 bits per heavy atom. The van der Waals surface area contributed by atoms with Crippen molar-refractivity contribution in [2.45, 2.75) is 58.5 Å². The first-order chi connectivity index (χ1) is 11.3. The lowest BCUT2D eigenvalue weighted by molar-refractivity contribution is 0.603. The molecule has 7 heteroatoms. The number of aryl methyl sites for hydroxylation is 1. The fraction of sp³-hybridized carbons (Fsp3) is 0.647. The normalized spacial score (nSPS) is 11.8. The van der Waals surface area contributed by atoms with Gasteiger partial charge in [0.05, 0.1) is 0 Å². The highest BCUT2D eigenvalue weighted by Gasteiger charge is 2.19. The average molecular weight is 350 g/mol. The van der Waals surface area contributed by atoms with Gasteiger partial charge in [-0.25, -0.2) is 14.8 Å². The van der Waals surface area contributed by atoms with Crippen molar-refractivity contribution in [3.8, 4) is 0 Å². The maximum absolute atomic E-state index is 12.7. The molecule has 0 atom stereocenters. The fourth-order valence-electron chi connectivity index (χ4n) is 2.39. The molecule has 0 aliphatic carbocycles. The molecule has 0 spiro atoms. The van der Waals surface area contributed by atoms with E-state index in [1.165, 1.54) is 7.05 Å². The molecule has 0 saturated heterocycles. The topological polar surface area (TPSA) is 69.8 Å². The average Bonchev–Trinajstić information content (AvgIpc) is 2.53. The van der Waals surface area contributed by atoms with Crippen LogP contribution in [0.1, 0.15) is 52.8 Å². The molecule has 0 bridgehead atoms. The standard InChI is InChI=1S/C17H26N4O2S/c1-7-8-21-14-12(16(22)20(6)17(21)23)15(24-9-10(2)3)19-13(18-14)11(4)5/h10-11H,7-9H2,1-6H3. The Morgan fingerprint density at radius 2 is 1.79 bits per heavy atom. The molecule has 2 aromatic rings. The summed E-state index contributed by atoms with van der Waals surface area (Å²) >= 11 is 1.57. The number of aromatic nitrogens is 4. The second-order valence-corrected chi connectivity index (χ2v) is 7.75. The molecule has 0 aliphatic heterocycles. The molecule has 132 valence electrons. The zero-order valence-corrected chi connectivity index (χ0v) is 16.1. The third-order valence-corrected chi connectivity index (χ3v) is 5.09. The van der Waals surface area contributed by atoms with Crippen LogP contribution in [0.15, 0.2) is 14.6 Å². The smallest absolute Gasteiger partial charge is 0.277 e. The summed E-state index contributed by atoms with van der Waals surface area (Å²) in [5.74, 6) is 2.14. The molecular formula is C17H26N4O2S. The van der Waals surface area contributed by atoms with Crippen molar-refractivity contribution in [1.29, 1.82) is 0 Å². The van der Waals surface area contributed by atoms with Gasteiger partial charge >= 0.3 is 5.69 Å². The van der Waals surface area contributed by atoms with E-state index in [2.05, 4.69) is 23.8 Å². The summed E-state index contributed by atoms with van der Waals surface area (Å²) in [6, 6.07) is 0. The van der Waals surface area contributed by atoms with E-state index in [-0.39, 0.29) is 17.2 Å². The number of rotatable bonds is 6. The van der Waals surface area contributed by atoms with Gasteiger partial charge in [-0.1, -0.05) is 34.6 Å². The van der Waals surface area contributed by atoms with Gasteiger partial charge in [-0.15, -0.1) is 11.8 Å². The van der Waals surface area contributed by atoms with Crippen LogP contribution in [0.3, 0.4) is 0 Å². The molecule has 0 aliphatic rings. The zero-order chi connectivity index (χ0) is 18.0. The van der Waals surface area contributed by atoms with Crippen molar-refractivity contribution in [3.05, 3.63) is 26.7 Å². The van der Waals surface area contributed by atoms with E-state index in [0.717, 1.165) is 16.7 Å². The summed E-state index contributed by atoms with van der Waals surface area (Å²) in [5.41, 5.74) is -0.165. The summed E-state index contributed by atoms with van der Waals surface area (Å²) in [6.45, 7) is 10.8. The summed E-state index contributed by atoms with van der Waals surface area (Å²) in [5, 5.41) is 1.14. The van der Waals surface area contributed by atoms with Gasteiger partial charge in [0.2, 0.25) is 0 Å². The fourth-order valence-corrected chi connectivity index (χ4v) is 3.36. The van der Waals surface area contributed by atoms with Gasteiger partial charge in [0, 0.05) is 25.3 Å². The Morgan fingerprint density at radius 3 is 2.33 bits per heavy atom. The minimum atomic E-state index is -0.317. The number of nitrogens with zero attached hydrogens (tertiary/aromatic N) is 4. The van der Waals surface area contributed by atoms with E-state index in [1.807, 2.05) is 20.8 Å². The predicted octanol–water partition coefficient (Wildman–Crippen LogP) is 2.77. The van der Waals surface area contributed by atoms with E-state index >= 15 is 0 Å². The molecule has 2 heterocycles. The lowest BCUT2D eigenvalue weighted by Crippen LogP contribution is -2.39. The monoisotopic (exact) mass is 350 g/mol. The Labute approximate surface area is 146 Å². The van der Waals surface area contributed by atoms with Crippen molar-refractivity contribution >= 4 is 22.8 Å². The quantitative estimate of drug-likeness (QED) is 0.592. The van der Waals surface area contributed by atoms with E-state index in [4.69, 9.17) is 0 Å². The van der Waals surface area contributed by atoms with Crippen LogP contribution in [0.5, 0.6) is 0 Å². The van der Waals surface area contributed by atoms with Crippen LogP contribution in [0, 0.1) is 5.92 Å². The first-order valence-electron chi connectivity index (χ1n) is 8.42. The van der Waals surface area contributed by atoms with Crippen molar-refractivity contribution in [2.24, 2.45) is 13.0 Å². The Bertz CT molecular complexity index is 852. The molecule has 0 amide bonds. The molecule has 2 rings (SSSR count). The highest BCUT2D eigenvalue weighted by Crippen LogP contribution is 2.26. The molecule has 2 aromatic heterocycles. The van der Waals surface area contributed by atoms with Gasteiger partial charge in [-0.3, -0.25) is 13.9 Å². The number of hydrogen-bond donors (Lipinski definition) is 0. The summed E-state index contributed by atoms with van der Waals surface area (Å²) in [4.78, 5) is 34.4. The van der Waals surface area contributed by atoms with Crippen LogP contribution >= 0.6 is 11.8 Å². The molecule has 0 radical (unpaired) electrons. The highest BCUT2D eigenvalue weighted by molar-refractivity contribution is 7.99. The third-order valence-electron chi connectivity index (χ3n) is 3.68. The summed E-state index contributed by atoms with van der Waals surface area (Å²) in [7, 11) is 1.52. The van der Waals surface area contributed by atoms with Crippen LogP contribution in [-0.2, 0) is 13.6 Å². The maximum atomic E-state index is 12.7. The van der Waals surface area contributed by atoms with Crippen LogP contribution in [0.25, 0.3) is 11.0 Å². The second kappa shape index (κ2) is 7.51. The second-order valence-electron chi connectivity index (χ2n) is 6.74. The third kappa shape index (κ3) is 3.55. The number of hydrogen-bond acceptors (Lipinski definition) is 5. The number of fused-ring (bicyclic) bond motifs is 1. The van der Waals surface area contributed by atoms with Gasteiger partial charge in [0.1, 0.15) is 16.2 Å². The minimum Gasteiger partial charge on any atom is -0.277 e. The van der Waals surface area contributed by atoms with E-state index in [9.17, 15) is 9.59 Å². The van der Waals surface area contributed by atoms with Gasteiger partial charge in [-0.2, -0.15) is 0 Å². The largest absolute Gasteiger partial charge is 0.332 e. The predicted molar refractivity (Wildman–Crippen MR) is 99.0 cm³/mol. The van der Waals surface area contributed by atoms with Gasteiger partial charge < -0.3 is 0 Å². The summed E-state index contributed by atoms with van der Waals surface area (Å²) < 4.78 is 2.76. The van der Waals surface area contributed by atoms with Crippen molar-refractivity contribution in [2.75, 3.05) is 5.75 Å². The molecule has 0 unspecified atom stereocenters. The Kier molecular flexibility index (Phi) is 5.85. The zero-order valence-electron chi connectivity index (χ0n) is 15.3. The first kappa shape index (κ1) is 18.7. The van der Waals surface area contributed by atoms with E-state index in [0.29, 0.717) is 34.3 Å². The lowest BCUT2D eigenvalue weighted by Gasteiger charge is -2.15. The molecule has 0 aromatic carbocycles. The lowest BCUT2D eigenvalue weighted by atomic mass is 10.2. The molecule has 24 heavy (non-hydrogen) atoms. The summed E-state index contributed by atoms with van der Waals surface area (Å²) in [6.07, 6.45) is 0.794. The van der Waals surface area contributed by atoms with E-state index < -0.39 is 0 Å². The Balaban J connectivity index is 2.88. The molecule has 0 fully saturated rings. The maximum Gasteiger partial charge on any atom is 0.332 e. The molecular weight excluding hydrogens is 324 g/mol. The van der Waals surface area contributed by atoms with Gasteiger partial charge in [0.25, 0.3) is 5.56 Å². The van der Waals surface area contributed by atoms with E-state index in [1.54, 1.807) is 16.3 Å². The van der Waals surface area contributed by atoms with Crippen LogP contribution in [-0.4, -0.2) is 24.9 Å². The van der Waals surface area contributed by atoms with Gasteiger partial charge in [-0.05, 0) is 12.3 Å². The van der Waals surface area contributed by atoms with Crippen LogP contribution in [0.2, 0.25) is 0 Å². The molecule has 6 nitrogen and oxygen atoms in total. The Hall–Kier alpha value is -1.63. The van der Waals surface area contributed by atoms with Crippen LogP contribution in [0.4, 0.5) is 0 Å². The van der Waals surface area contributed by atoms with Crippen molar-refractivity contribution < 1.29 is 0 Å². The van der Waals surface area contributed by atoms with Crippen LogP contribution < -0.4 is 11.2 Å². The molecule has 0 N–H and O–H groups in total. The number of thioether (sulfide) groups is 1. The molecule has 0 saturated carbocycles. The van der Waals surface area contributed by atoms with Crippen molar-refractivity contribution in [3.63, 3.8) is 0 Å². The minimum absolute atomic E-state index is 0.127. The van der Waals surface area contributed by atoms with Gasteiger partial charge in [0.15, 0.2) is 5.65 Å². The highest BCUT2D eigenvalue weighted by atomic mass is 32.2. The first-order valence-corrected chi connectivity index (χ1v) is 9.40.